The summed E-state index contributed by atoms with van der Waals surface area (Å²) in [6.45, 7) is 0.367. The van der Waals surface area contributed by atoms with Crippen molar-refractivity contribution in [3.8, 4) is 0 Å². The SMILES string of the molecule is CCCn1cc(S(=O)(=O)N(C)CC(F)(F)F)cc1C(=O)O. The van der Waals surface area contributed by atoms with E-state index in [9.17, 15) is 26.4 Å². The first-order chi connectivity index (χ1) is 9.49. The molecule has 6 nitrogen and oxygen atoms in total. The van der Waals surface area contributed by atoms with Crippen LogP contribution in [0.4, 0.5) is 13.2 Å². The van der Waals surface area contributed by atoms with Gasteiger partial charge in [-0.05, 0) is 12.5 Å². The lowest BCUT2D eigenvalue weighted by Gasteiger charge is -2.17. The molecule has 0 aromatic carbocycles. The van der Waals surface area contributed by atoms with Gasteiger partial charge >= 0.3 is 12.1 Å². The Hall–Kier alpha value is -1.55. The lowest BCUT2D eigenvalue weighted by atomic mass is 10.4. The number of halogens is 3. The van der Waals surface area contributed by atoms with Gasteiger partial charge in [0.2, 0.25) is 10.0 Å². The van der Waals surface area contributed by atoms with Crippen molar-refractivity contribution >= 4 is 16.0 Å². The Balaban J connectivity index is 3.20. The molecule has 1 aromatic heterocycles. The second-order valence-corrected chi connectivity index (χ2v) is 6.48. The van der Waals surface area contributed by atoms with Crippen LogP contribution >= 0.6 is 0 Å². The van der Waals surface area contributed by atoms with E-state index in [4.69, 9.17) is 5.11 Å². The molecule has 1 heterocycles. The van der Waals surface area contributed by atoms with E-state index in [1.165, 1.54) is 4.57 Å². The molecule has 21 heavy (non-hydrogen) atoms. The molecule has 120 valence electrons. The van der Waals surface area contributed by atoms with Crippen molar-refractivity contribution in [1.29, 1.82) is 0 Å². The first-order valence-electron chi connectivity index (χ1n) is 5.95. The summed E-state index contributed by atoms with van der Waals surface area (Å²) in [5.74, 6) is -1.34. The average Bonchev–Trinajstić information content (AvgIpc) is 2.72. The maximum Gasteiger partial charge on any atom is 0.402 e. The van der Waals surface area contributed by atoms with Crippen molar-refractivity contribution in [2.75, 3.05) is 13.6 Å². The van der Waals surface area contributed by atoms with E-state index in [1.54, 1.807) is 6.92 Å². The summed E-state index contributed by atoms with van der Waals surface area (Å²) in [4.78, 5) is 10.6. The molecule has 0 fully saturated rings. The number of carbonyl (C=O) groups is 1. The molecule has 1 N–H and O–H groups in total. The van der Waals surface area contributed by atoms with E-state index in [0.717, 1.165) is 19.3 Å². The number of carboxylic acid groups (broad SMARTS) is 1. The van der Waals surface area contributed by atoms with E-state index in [1.807, 2.05) is 0 Å². The van der Waals surface area contributed by atoms with Crippen molar-refractivity contribution in [1.82, 2.24) is 8.87 Å². The molecule has 10 heteroatoms. The molecule has 0 radical (unpaired) electrons. The van der Waals surface area contributed by atoms with Crippen LogP contribution in [0.1, 0.15) is 23.8 Å². The number of rotatable bonds is 6. The Morgan fingerprint density at radius 2 is 2.00 bits per heavy atom. The second-order valence-electron chi connectivity index (χ2n) is 4.44. The Labute approximate surface area is 119 Å². The van der Waals surface area contributed by atoms with Crippen molar-refractivity contribution in [2.24, 2.45) is 0 Å². The minimum absolute atomic E-state index is 0.143. The predicted molar refractivity (Wildman–Crippen MR) is 67.6 cm³/mol. The van der Waals surface area contributed by atoms with Crippen LogP contribution in [0.2, 0.25) is 0 Å². The quantitative estimate of drug-likeness (QED) is 0.863. The van der Waals surface area contributed by atoms with Crippen molar-refractivity contribution < 1.29 is 31.5 Å². The summed E-state index contributed by atoms with van der Waals surface area (Å²) in [5.41, 5.74) is -0.282. The van der Waals surface area contributed by atoms with Crippen LogP contribution in [-0.2, 0) is 16.6 Å². The molecule has 0 saturated carbocycles. The molecule has 0 spiro atoms. The number of carboxylic acids is 1. The molecule has 0 saturated heterocycles. The van der Waals surface area contributed by atoms with Gasteiger partial charge in [0.25, 0.3) is 0 Å². The van der Waals surface area contributed by atoms with E-state index in [2.05, 4.69) is 0 Å². The van der Waals surface area contributed by atoms with Crippen LogP contribution < -0.4 is 0 Å². The maximum atomic E-state index is 12.3. The fourth-order valence-corrected chi connectivity index (χ4v) is 2.94. The highest BCUT2D eigenvalue weighted by Gasteiger charge is 2.35. The number of aromatic nitrogens is 1. The van der Waals surface area contributed by atoms with Gasteiger partial charge in [0.1, 0.15) is 17.1 Å². The van der Waals surface area contributed by atoms with Gasteiger partial charge in [-0.15, -0.1) is 0 Å². The van der Waals surface area contributed by atoms with Gasteiger partial charge in [0.05, 0.1) is 0 Å². The normalized spacial score (nSPS) is 12.9. The Morgan fingerprint density at radius 1 is 1.43 bits per heavy atom. The highest BCUT2D eigenvalue weighted by atomic mass is 32.2. The van der Waals surface area contributed by atoms with Gasteiger partial charge in [0.15, 0.2) is 0 Å². The molecule has 0 amide bonds. The third-order valence-electron chi connectivity index (χ3n) is 2.67. The van der Waals surface area contributed by atoms with Gasteiger partial charge in [0, 0.05) is 19.8 Å². The minimum Gasteiger partial charge on any atom is -0.477 e. The summed E-state index contributed by atoms with van der Waals surface area (Å²) < 4.78 is 62.2. The third kappa shape index (κ3) is 4.21. The van der Waals surface area contributed by atoms with Gasteiger partial charge in [-0.2, -0.15) is 17.5 Å². The van der Waals surface area contributed by atoms with E-state index < -0.39 is 33.6 Å². The molecule has 0 aliphatic heterocycles. The topological polar surface area (TPSA) is 79.6 Å². The highest BCUT2D eigenvalue weighted by Crippen LogP contribution is 2.23. The Bertz CT molecular complexity index is 622. The summed E-state index contributed by atoms with van der Waals surface area (Å²) in [6, 6.07) is 0.861. The molecule has 1 rings (SSSR count). The van der Waals surface area contributed by atoms with E-state index >= 15 is 0 Å². The fraction of sp³-hybridized carbons (Fsp3) is 0.545. The lowest BCUT2D eigenvalue weighted by molar-refractivity contribution is -0.134. The first-order valence-corrected chi connectivity index (χ1v) is 7.39. The molecule has 1 aromatic rings. The van der Waals surface area contributed by atoms with Crippen LogP contribution in [0.5, 0.6) is 0 Å². The molecular formula is C11H15F3N2O4S. The zero-order valence-corrected chi connectivity index (χ0v) is 12.2. The number of aromatic carboxylic acids is 1. The summed E-state index contributed by atoms with van der Waals surface area (Å²) >= 11 is 0. The molecule has 0 aliphatic rings. The van der Waals surface area contributed by atoms with Crippen molar-refractivity contribution in [2.45, 2.75) is 31.0 Å². The van der Waals surface area contributed by atoms with Gasteiger partial charge < -0.3 is 9.67 Å². The van der Waals surface area contributed by atoms with Crippen LogP contribution in [0.3, 0.4) is 0 Å². The second kappa shape index (κ2) is 6.06. The first kappa shape index (κ1) is 17.5. The van der Waals surface area contributed by atoms with Crippen LogP contribution in [0.25, 0.3) is 0 Å². The molecule has 0 unspecified atom stereocenters. The molecular weight excluding hydrogens is 313 g/mol. The van der Waals surface area contributed by atoms with Gasteiger partial charge in [-0.25, -0.2) is 13.2 Å². The number of sulfonamides is 1. The summed E-state index contributed by atoms with van der Waals surface area (Å²) in [6.07, 6.45) is -3.09. The highest BCUT2D eigenvalue weighted by molar-refractivity contribution is 7.89. The average molecular weight is 328 g/mol. The Morgan fingerprint density at radius 3 is 2.43 bits per heavy atom. The number of nitrogens with zero attached hydrogens (tertiary/aromatic N) is 2. The Kier molecular flexibility index (Phi) is 5.05. The van der Waals surface area contributed by atoms with Crippen LogP contribution in [-0.4, -0.2) is 48.1 Å². The lowest BCUT2D eigenvalue weighted by Crippen LogP contribution is -2.35. The number of hydrogen-bond donors (Lipinski definition) is 1. The molecule has 0 atom stereocenters. The number of aryl methyl sites for hydroxylation is 1. The van der Waals surface area contributed by atoms with E-state index in [-0.39, 0.29) is 16.5 Å². The number of alkyl halides is 3. The van der Waals surface area contributed by atoms with Crippen molar-refractivity contribution in [3.63, 3.8) is 0 Å². The van der Waals surface area contributed by atoms with Crippen LogP contribution in [0, 0.1) is 0 Å². The van der Waals surface area contributed by atoms with Crippen molar-refractivity contribution in [3.05, 3.63) is 18.0 Å². The smallest absolute Gasteiger partial charge is 0.402 e. The summed E-state index contributed by atoms with van der Waals surface area (Å²) in [7, 11) is -3.60. The number of hydrogen-bond acceptors (Lipinski definition) is 3. The standard InChI is InChI=1S/C11H15F3N2O4S/c1-3-4-16-6-8(5-9(16)10(17)18)21(19,20)15(2)7-11(12,13)14/h5-6H,3-4,7H2,1-2H3,(H,17,18). The predicted octanol–water partition coefficient (Wildman–Crippen LogP) is 1.78. The molecule has 0 aliphatic carbocycles. The zero-order valence-electron chi connectivity index (χ0n) is 11.4. The van der Waals surface area contributed by atoms with Crippen LogP contribution in [0.15, 0.2) is 17.2 Å². The maximum absolute atomic E-state index is 12.3. The fourth-order valence-electron chi connectivity index (χ4n) is 1.75. The largest absolute Gasteiger partial charge is 0.477 e. The minimum atomic E-state index is -4.68. The summed E-state index contributed by atoms with van der Waals surface area (Å²) in [5, 5.41) is 8.99. The van der Waals surface area contributed by atoms with Gasteiger partial charge in [-0.1, -0.05) is 6.92 Å². The third-order valence-corrected chi connectivity index (χ3v) is 4.43. The zero-order chi connectivity index (χ0) is 16.4. The monoisotopic (exact) mass is 328 g/mol. The van der Waals surface area contributed by atoms with Gasteiger partial charge in [-0.3, -0.25) is 0 Å². The molecule has 0 bridgehead atoms. The van der Waals surface area contributed by atoms with E-state index in [0.29, 0.717) is 6.42 Å².